The van der Waals surface area contributed by atoms with Gasteiger partial charge in [-0.25, -0.2) is 0 Å². The fourth-order valence-corrected chi connectivity index (χ4v) is 4.11. The van der Waals surface area contributed by atoms with E-state index < -0.39 is 10.1 Å². The minimum Gasteiger partial charge on any atom is -0.497 e. The van der Waals surface area contributed by atoms with Crippen molar-refractivity contribution < 1.29 is 22.1 Å². The number of benzene rings is 2. The summed E-state index contributed by atoms with van der Waals surface area (Å²) in [5, 5.41) is 10.7. The average Bonchev–Trinajstić information content (AvgIpc) is 3.01. The SMILES string of the molecule is COc1ccc(S(=O)(=O)Oc2ccc(C)cc2C=NN=C2NC(=O)[C@H](C)S2)cc1. The van der Waals surface area contributed by atoms with E-state index in [9.17, 15) is 13.2 Å². The van der Waals surface area contributed by atoms with Crippen molar-refractivity contribution in [3.63, 3.8) is 0 Å². The number of methoxy groups -OCH3 is 1. The fourth-order valence-electron chi connectivity index (χ4n) is 2.40. The largest absolute Gasteiger partial charge is 0.497 e. The van der Waals surface area contributed by atoms with Crippen LogP contribution < -0.4 is 14.2 Å². The number of ether oxygens (including phenoxy) is 1. The Kier molecular flexibility index (Phi) is 6.23. The number of amidine groups is 1. The van der Waals surface area contributed by atoms with E-state index in [0.29, 0.717) is 16.5 Å². The summed E-state index contributed by atoms with van der Waals surface area (Å²) in [7, 11) is -2.55. The van der Waals surface area contributed by atoms with Crippen LogP contribution in [-0.4, -0.2) is 38.1 Å². The number of carbonyl (C=O) groups is 1. The zero-order valence-electron chi connectivity index (χ0n) is 15.9. The Morgan fingerprint density at radius 1 is 1.17 bits per heavy atom. The lowest BCUT2D eigenvalue weighted by molar-refractivity contribution is -0.118. The van der Waals surface area contributed by atoms with Crippen molar-refractivity contribution in [1.29, 1.82) is 0 Å². The highest BCUT2D eigenvalue weighted by atomic mass is 32.2. The molecular weight excluding hydrogens is 414 g/mol. The van der Waals surface area contributed by atoms with Crippen LogP contribution in [0.25, 0.3) is 0 Å². The van der Waals surface area contributed by atoms with Gasteiger partial charge in [0.1, 0.15) is 10.6 Å². The zero-order valence-corrected chi connectivity index (χ0v) is 17.6. The van der Waals surface area contributed by atoms with Gasteiger partial charge in [-0.3, -0.25) is 4.79 Å². The number of rotatable bonds is 6. The lowest BCUT2D eigenvalue weighted by atomic mass is 10.1. The van der Waals surface area contributed by atoms with Crippen LogP contribution >= 0.6 is 11.8 Å². The first-order chi connectivity index (χ1) is 13.8. The van der Waals surface area contributed by atoms with Crippen LogP contribution in [0.15, 0.2) is 57.6 Å². The van der Waals surface area contributed by atoms with Crippen LogP contribution in [0.4, 0.5) is 0 Å². The zero-order chi connectivity index (χ0) is 21.0. The van der Waals surface area contributed by atoms with Crippen molar-refractivity contribution >= 4 is 39.2 Å². The van der Waals surface area contributed by atoms with E-state index in [2.05, 4.69) is 15.5 Å². The predicted molar refractivity (Wildman–Crippen MR) is 112 cm³/mol. The molecule has 152 valence electrons. The Labute approximate surface area is 173 Å². The Bertz CT molecular complexity index is 1080. The summed E-state index contributed by atoms with van der Waals surface area (Å²) in [6.45, 7) is 3.63. The van der Waals surface area contributed by atoms with Crippen LogP contribution in [-0.2, 0) is 14.9 Å². The van der Waals surface area contributed by atoms with Gasteiger partial charge in [0, 0.05) is 5.56 Å². The van der Waals surface area contributed by atoms with Gasteiger partial charge in [-0.2, -0.15) is 13.5 Å². The van der Waals surface area contributed by atoms with Crippen molar-refractivity contribution in [2.24, 2.45) is 10.2 Å². The normalized spacial score (nSPS) is 18.2. The molecule has 29 heavy (non-hydrogen) atoms. The minimum atomic E-state index is -4.04. The summed E-state index contributed by atoms with van der Waals surface area (Å²) >= 11 is 1.26. The summed E-state index contributed by atoms with van der Waals surface area (Å²) in [4.78, 5) is 11.5. The summed E-state index contributed by atoms with van der Waals surface area (Å²) in [5.41, 5.74) is 1.33. The molecule has 0 saturated carbocycles. The van der Waals surface area contributed by atoms with Crippen LogP contribution in [0, 0.1) is 6.92 Å². The molecule has 0 bridgehead atoms. The quantitative estimate of drug-likeness (QED) is 0.426. The van der Waals surface area contributed by atoms with E-state index in [1.165, 1.54) is 37.2 Å². The molecule has 0 unspecified atom stereocenters. The third-order valence-electron chi connectivity index (χ3n) is 3.95. The van der Waals surface area contributed by atoms with E-state index in [0.717, 1.165) is 5.56 Å². The number of nitrogens with zero attached hydrogens (tertiary/aromatic N) is 2. The first-order valence-electron chi connectivity index (χ1n) is 8.56. The molecule has 3 rings (SSSR count). The maximum absolute atomic E-state index is 12.6. The van der Waals surface area contributed by atoms with E-state index in [1.54, 1.807) is 37.3 Å². The third kappa shape index (κ3) is 5.15. The second kappa shape index (κ2) is 8.66. The van der Waals surface area contributed by atoms with Crippen LogP contribution in [0.5, 0.6) is 11.5 Å². The van der Waals surface area contributed by atoms with Gasteiger partial charge in [-0.05, 0) is 50.2 Å². The smallest absolute Gasteiger partial charge is 0.339 e. The minimum absolute atomic E-state index is 0.000984. The molecule has 10 heteroatoms. The average molecular weight is 434 g/mol. The van der Waals surface area contributed by atoms with Crippen molar-refractivity contribution in [2.45, 2.75) is 24.0 Å². The van der Waals surface area contributed by atoms with Gasteiger partial charge < -0.3 is 14.2 Å². The number of hydrogen-bond acceptors (Lipinski definition) is 8. The molecule has 1 heterocycles. The second-order valence-electron chi connectivity index (χ2n) is 6.15. The molecule has 0 aromatic heterocycles. The Morgan fingerprint density at radius 2 is 1.90 bits per heavy atom. The number of hydrogen-bond donors (Lipinski definition) is 1. The molecule has 2 aromatic carbocycles. The lowest BCUT2D eigenvalue weighted by Gasteiger charge is -2.10. The Balaban J connectivity index is 1.83. The van der Waals surface area contributed by atoms with Crippen molar-refractivity contribution in [3.05, 3.63) is 53.6 Å². The Hall–Kier alpha value is -2.85. The van der Waals surface area contributed by atoms with E-state index >= 15 is 0 Å². The molecule has 0 spiro atoms. The first kappa shape index (κ1) is 20.9. The monoisotopic (exact) mass is 433 g/mol. The van der Waals surface area contributed by atoms with Crippen LogP contribution in [0.1, 0.15) is 18.1 Å². The maximum Gasteiger partial charge on any atom is 0.339 e. The van der Waals surface area contributed by atoms with Crippen molar-refractivity contribution in [1.82, 2.24) is 5.32 Å². The van der Waals surface area contributed by atoms with Crippen LogP contribution in [0.2, 0.25) is 0 Å². The molecule has 1 amide bonds. The summed E-state index contributed by atoms with van der Waals surface area (Å²) in [5.74, 6) is 0.526. The highest BCUT2D eigenvalue weighted by Gasteiger charge is 2.25. The fraction of sp³-hybridized carbons (Fsp3) is 0.211. The topological polar surface area (TPSA) is 106 Å². The van der Waals surface area contributed by atoms with Gasteiger partial charge in [-0.15, -0.1) is 5.10 Å². The Morgan fingerprint density at radius 3 is 2.52 bits per heavy atom. The molecule has 1 saturated heterocycles. The molecule has 0 radical (unpaired) electrons. The number of nitrogens with one attached hydrogen (secondary N) is 1. The molecule has 2 aromatic rings. The number of carbonyl (C=O) groups excluding carboxylic acids is 1. The molecular formula is C19H19N3O5S2. The van der Waals surface area contributed by atoms with Gasteiger partial charge in [0.15, 0.2) is 10.9 Å². The summed E-state index contributed by atoms with van der Waals surface area (Å²) < 4.78 is 35.6. The molecule has 1 aliphatic rings. The first-order valence-corrected chi connectivity index (χ1v) is 10.8. The van der Waals surface area contributed by atoms with Gasteiger partial charge in [0.05, 0.1) is 18.6 Å². The third-order valence-corrected chi connectivity index (χ3v) is 6.17. The second-order valence-corrected chi connectivity index (χ2v) is 9.03. The van der Waals surface area contributed by atoms with Gasteiger partial charge in [-0.1, -0.05) is 23.4 Å². The highest BCUT2D eigenvalue weighted by molar-refractivity contribution is 8.15. The van der Waals surface area contributed by atoms with Crippen LogP contribution in [0.3, 0.4) is 0 Å². The summed E-state index contributed by atoms with van der Waals surface area (Å²) in [6.07, 6.45) is 1.38. The van der Waals surface area contributed by atoms with E-state index in [-0.39, 0.29) is 21.8 Å². The number of thioether (sulfide) groups is 1. The predicted octanol–water partition coefficient (Wildman–Crippen LogP) is 2.71. The number of amides is 1. The standard InChI is InChI=1S/C19H19N3O5S2/c1-12-4-9-17(27-29(24,25)16-7-5-15(26-3)6-8-16)14(10-12)11-20-22-19-21-18(23)13(2)28-19/h4-11,13H,1-3H3,(H,21,22,23)/t13-/m0/s1. The molecule has 1 N–H and O–H groups in total. The molecule has 8 nitrogen and oxygen atoms in total. The van der Waals surface area contributed by atoms with E-state index in [4.69, 9.17) is 8.92 Å². The molecule has 0 aliphatic carbocycles. The van der Waals surface area contributed by atoms with Gasteiger partial charge in [0.25, 0.3) is 0 Å². The molecule has 1 fully saturated rings. The number of aryl methyl sites for hydroxylation is 1. The van der Waals surface area contributed by atoms with E-state index in [1.807, 2.05) is 6.92 Å². The lowest BCUT2D eigenvalue weighted by Crippen LogP contribution is -2.23. The van der Waals surface area contributed by atoms with Crippen molar-refractivity contribution in [3.8, 4) is 11.5 Å². The van der Waals surface area contributed by atoms with Crippen molar-refractivity contribution in [2.75, 3.05) is 7.11 Å². The maximum atomic E-state index is 12.6. The summed E-state index contributed by atoms with van der Waals surface area (Å²) in [6, 6.07) is 10.9. The molecule has 1 atom stereocenters. The molecule has 1 aliphatic heterocycles. The van der Waals surface area contributed by atoms with Gasteiger partial charge in [0.2, 0.25) is 5.91 Å². The van der Waals surface area contributed by atoms with Gasteiger partial charge >= 0.3 is 10.1 Å². The highest BCUT2D eigenvalue weighted by Crippen LogP contribution is 2.25.